The molecular weight excluding hydrogens is 364 g/mol. The second-order valence-corrected chi connectivity index (χ2v) is 9.11. The largest absolute Gasteiger partial charge is 0.376 e. The molecule has 3 heterocycles. The lowest BCUT2D eigenvalue weighted by Crippen LogP contribution is -3.27. The van der Waals surface area contributed by atoms with Gasteiger partial charge in [-0.05, 0) is 29.2 Å². The van der Waals surface area contributed by atoms with E-state index in [4.69, 9.17) is 4.74 Å². The van der Waals surface area contributed by atoms with Gasteiger partial charge in [0.05, 0.1) is 12.6 Å². The molecule has 0 saturated carbocycles. The normalized spacial score (nSPS) is 26.1. The van der Waals surface area contributed by atoms with E-state index < -0.39 is 0 Å². The lowest BCUT2D eigenvalue weighted by molar-refractivity contribution is -1.03. The first-order chi connectivity index (χ1) is 14.2. The van der Waals surface area contributed by atoms with E-state index in [2.05, 4.69) is 59.7 Å². The molecule has 0 aliphatic carbocycles. The van der Waals surface area contributed by atoms with Crippen LogP contribution in [0.1, 0.15) is 50.5 Å². The van der Waals surface area contributed by atoms with Crippen molar-refractivity contribution in [1.82, 2.24) is 20.2 Å². The molecule has 0 radical (unpaired) electrons. The number of nitrogens with zero attached hydrogens (tertiary/aromatic N) is 4. The van der Waals surface area contributed by atoms with Crippen LogP contribution < -0.4 is 9.80 Å². The Morgan fingerprint density at radius 1 is 1.14 bits per heavy atom. The molecule has 2 fully saturated rings. The summed E-state index contributed by atoms with van der Waals surface area (Å²) in [5, 5.41) is 12.9. The van der Waals surface area contributed by atoms with Crippen molar-refractivity contribution < 1.29 is 14.5 Å². The molecule has 7 heteroatoms. The van der Waals surface area contributed by atoms with Gasteiger partial charge in [-0.15, -0.1) is 5.10 Å². The van der Waals surface area contributed by atoms with Crippen molar-refractivity contribution in [2.24, 2.45) is 5.92 Å². The molecule has 2 aliphatic heterocycles. The average molecular weight is 401 g/mol. The van der Waals surface area contributed by atoms with E-state index in [-0.39, 0.29) is 6.10 Å². The van der Waals surface area contributed by atoms with Gasteiger partial charge in [-0.3, -0.25) is 0 Å². The third-order valence-electron chi connectivity index (χ3n) is 6.37. The topological polar surface area (TPSA) is 61.7 Å². The number of hydrogen-bond donors (Lipinski definition) is 2. The molecule has 0 spiro atoms. The van der Waals surface area contributed by atoms with Crippen molar-refractivity contribution in [3.8, 4) is 0 Å². The van der Waals surface area contributed by atoms with Crippen molar-refractivity contribution in [3.63, 3.8) is 0 Å². The molecule has 4 rings (SSSR count). The molecule has 2 aliphatic rings. The summed E-state index contributed by atoms with van der Waals surface area (Å²) in [6, 6.07) is 11.2. The van der Waals surface area contributed by atoms with Crippen molar-refractivity contribution in [3.05, 3.63) is 41.7 Å². The van der Waals surface area contributed by atoms with Gasteiger partial charge in [-0.25, -0.2) is 4.68 Å². The minimum absolute atomic E-state index is 0.263. The Hall–Kier alpha value is -1.83. The predicted molar refractivity (Wildman–Crippen MR) is 111 cm³/mol. The average Bonchev–Trinajstić information content (AvgIpc) is 3.40. The maximum absolute atomic E-state index is 5.83. The van der Waals surface area contributed by atoms with Gasteiger partial charge in [0.15, 0.2) is 6.04 Å². The van der Waals surface area contributed by atoms with Gasteiger partial charge >= 0.3 is 0 Å². The third-order valence-corrected chi connectivity index (χ3v) is 6.37. The van der Waals surface area contributed by atoms with Crippen LogP contribution in [-0.2, 0) is 17.8 Å². The van der Waals surface area contributed by atoms with Gasteiger partial charge in [0, 0.05) is 18.6 Å². The van der Waals surface area contributed by atoms with E-state index in [1.54, 1.807) is 9.80 Å². The van der Waals surface area contributed by atoms with Crippen molar-refractivity contribution in [2.45, 2.75) is 58.3 Å². The zero-order valence-electron chi connectivity index (χ0n) is 17.9. The Bertz CT molecular complexity index is 735. The lowest BCUT2D eigenvalue weighted by Gasteiger charge is -2.34. The van der Waals surface area contributed by atoms with E-state index in [1.165, 1.54) is 31.7 Å². The molecule has 1 aromatic carbocycles. The minimum atomic E-state index is 0.263. The van der Waals surface area contributed by atoms with Crippen LogP contribution in [-0.4, -0.2) is 59.1 Å². The van der Waals surface area contributed by atoms with E-state index in [1.807, 2.05) is 4.68 Å². The first kappa shape index (κ1) is 20.4. The highest BCUT2D eigenvalue weighted by molar-refractivity contribution is 5.13. The highest BCUT2D eigenvalue weighted by Crippen LogP contribution is 2.19. The first-order valence-electron chi connectivity index (χ1n) is 11.3. The summed E-state index contributed by atoms with van der Waals surface area (Å²) < 4.78 is 7.86. The van der Waals surface area contributed by atoms with E-state index >= 15 is 0 Å². The number of rotatable bonds is 8. The number of tetrazole rings is 1. The summed E-state index contributed by atoms with van der Waals surface area (Å²) in [5.74, 6) is 1.67. The maximum Gasteiger partial charge on any atom is 0.209 e. The Kier molecular flexibility index (Phi) is 6.90. The van der Waals surface area contributed by atoms with Crippen LogP contribution in [0.15, 0.2) is 30.3 Å². The van der Waals surface area contributed by atoms with E-state index in [0.29, 0.717) is 12.0 Å². The van der Waals surface area contributed by atoms with E-state index in [0.717, 1.165) is 44.8 Å². The maximum atomic E-state index is 5.83. The first-order valence-corrected chi connectivity index (χ1v) is 11.3. The summed E-state index contributed by atoms with van der Waals surface area (Å²) in [7, 11) is 0. The molecular formula is C22H36N6O+2. The molecule has 2 atom stereocenters. The quantitative estimate of drug-likeness (QED) is 0.651. The molecule has 158 valence electrons. The molecule has 1 aromatic heterocycles. The van der Waals surface area contributed by atoms with Gasteiger partial charge in [-0.1, -0.05) is 44.2 Å². The fraction of sp³-hybridized carbons (Fsp3) is 0.682. The Morgan fingerprint density at radius 3 is 2.62 bits per heavy atom. The van der Waals surface area contributed by atoms with Gasteiger partial charge in [0.25, 0.3) is 0 Å². The number of piperazine rings is 1. The van der Waals surface area contributed by atoms with Crippen molar-refractivity contribution in [2.75, 3.05) is 32.8 Å². The SMILES string of the molecule is CC(C)C[C@@H](c1nnnn1C[C@H]1CCCO1)[NH+]1CC[NH+](Cc2ccccc2)CC1. The number of quaternary nitrogens is 2. The molecule has 2 aromatic rings. The van der Waals surface area contributed by atoms with Crippen molar-refractivity contribution >= 4 is 0 Å². The smallest absolute Gasteiger partial charge is 0.209 e. The molecule has 2 N–H and O–H groups in total. The molecule has 29 heavy (non-hydrogen) atoms. The standard InChI is InChI=1S/C22H34N6O/c1-18(2)15-21(22-23-24-25-28(22)17-20-9-6-14-29-20)27-12-10-26(11-13-27)16-19-7-4-3-5-8-19/h3-5,7-8,18,20-21H,6,9-17H2,1-2H3/p+2/t20-,21+/m1/s1. The molecule has 0 unspecified atom stereocenters. The van der Waals surface area contributed by atoms with Crippen LogP contribution in [0.5, 0.6) is 0 Å². The second kappa shape index (κ2) is 9.78. The van der Waals surface area contributed by atoms with Crippen LogP contribution in [0.2, 0.25) is 0 Å². The third kappa shape index (κ3) is 5.41. The van der Waals surface area contributed by atoms with Gasteiger partial charge in [0.2, 0.25) is 5.82 Å². The summed E-state index contributed by atoms with van der Waals surface area (Å²) in [6.07, 6.45) is 3.64. The van der Waals surface area contributed by atoms with Crippen LogP contribution in [0.3, 0.4) is 0 Å². The van der Waals surface area contributed by atoms with Gasteiger partial charge in [0.1, 0.15) is 32.7 Å². The molecule has 0 amide bonds. The second-order valence-electron chi connectivity index (χ2n) is 9.11. The summed E-state index contributed by atoms with van der Waals surface area (Å²) in [4.78, 5) is 3.32. The summed E-state index contributed by atoms with van der Waals surface area (Å²) in [5.41, 5.74) is 1.44. The number of nitrogens with one attached hydrogen (secondary N) is 2. The van der Waals surface area contributed by atoms with Crippen LogP contribution in [0, 0.1) is 5.92 Å². The zero-order valence-corrected chi connectivity index (χ0v) is 17.9. The minimum Gasteiger partial charge on any atom is -0.376 e. The zero-order chi connectivity index (χ0) is 20.1. The Labute approximate surface area is 174 Å². The highest BCUT2D eigenvalue weighted by Gasteiger charge is 2.35. The number of benzene rings is 1. The van der Waals surface area contributed by atoms with E-state index in [9.17, 15) is 0 Å². The molecule has 7 nitrogen and oxygen atoms in total. The summed E-state index contributed by atoms with van der Waals surface area (Å²) >= 11 is 0. The highest BCUT2D eigenvalue weighted by atomic mass is 16.5. The number of ether oxygens (including phenoxy) is 1. The van der Waals surface area contributed by atoms with Gasteiger partial charge < -0.3 is 14.5 Å². The lowest BCUT2D eigenvalue weighted by atomic mass is 10.0. The Morgan fingerprint density at radius 2 is 1.93 bits per heavy atom. The fourth-order valence-corrected chi connectivity index (χ4v) is 4.83. The predicted octanol–water partition coefficient (Wildman–Crippen LogP) is -0.0771. The van der Waals surface area contributed by atoms with Crippen LogP contribution >= 0.6 is 0 Å². The molecule has 0 bridgehead atoms. The summed E-state index contributed by atoms with van der Waals surface area (Å²) in [6.45, 7) is 12.1. The van der Waals surface area contributed by atoms with Gasteiger partial charge in [-0.2, -0.15) is 0 Å². The monoisotopic (exact) mass is 400 g/mol. The van der Waals surface area contributed by atoms with Crippen molar-refractivity contribution in [1.29, 1.82) is 0 Å². The van der Waals surface area contributed by atoms with Crippen LogP contribution in [0.4, 0.5) is 0 Å². The fourth-order valence-electron chi connectivity index (χ4n) is 4.83. The van der Waals surface area contributed by atoms with Crippen LogP contribution in [0.25, 0.3) is 0 Å². The Balaban J connectivity index is 1.41. The number of hydrogen-bond acceptors (Lipinski definition) is 4. The number of aromatic nitrogens is 4. The molecule has 2 saturated heterocycles.